The van der Waals surface area contributed by atoms with Crippen molar-refractivity contribution in [2.24, 2.45) is 5.41 Å². The Morgan fingerprint density at radius 3 is 2.24 bits per heavy atom. The minimum Gasteiger partial charge on any atom is -0.392 e. The normalized spacial score (nSPS) is 27.4. The standard InChI is InChI=1S/C21H24O3S/c22-20-19(16-9-3-1-4-10-16)17-11-5-6-12-18(17)25(23,24)15-21(20)13-7-2-8-14-21/h1,3-6,9-12,19-20,22H,2,7-8,13-15H2/t19-,20+/m0/s1. The Hall–Kier alpha value is -1.65. The minimum atomic E-state index is -3.42. The Morgan fingerprint density at radius 1 is 0.880 bits per heavy atom. The van der Waals surface area contributed by atoms with Crippen LogP contribution >= 0.6 is 0 Å². The zero-order chi connectivity index (χ0) is 17.5. The fraction of sp³-hybridized carbons (Fsp3) is 0.429. The lowest BCUT2D eigenvalue weighted by Crippen LogP contribution is -2.44. The molecular formula is C21H24O3S. The van der Waals surface area contributed by atoms with Crippen LogP contribution in [0.25, 0.3) is 0 Å². The van der Waals surface area contributed by atoms with E-state index in [1.165, 1.54) is 0 Å². The molecule has 25 heavy (non-hydrogen) atoms. The van der Waals surface area contributed by atoms with E-state index in [1.807, 2.05) is 42.5 Å². The van der Waals surface area contributed by atoms with Crippen LogP contribution in [0.1, 0.15) is 49.1 Å². The van der Waals surface area contributed by atoms with Gasteiger partial charge in [0.1, 0.15) is 0 Å². The second kappa shape index (κ2) is 6.26. The van der Waals surface area contributed by atoms with Crippen molar-refractivity contribution in [2.75, 3.05) is 5.75 Å². The van der Waals surface area contributed by atoms with E-state index < -0.39 is 21.4 Å². The molecule has 4 rings (SSSR count). The molecule has 0 saturated heterocycles. The lowest BCUT2D eigenvalue weighted by Gasteiger charge is -2.42. The Kier molecular flexibility index (Phi) is 4.20. The summed E-state index contributed by atoms with van der Waals surface area (Å²) in [6.07, 6.45) is 3.98. The van der Waals surface area contributed by atoms with Crippen LogP contribution in [0.2, 0.25) is 0 Å². The monoisotopic (exact) mass is 356 g/mol. The lowest BCUT2D eigenvalue weighted by molar-refractivity contribution is 0.00241. The third-order valence-electron chi connectivity index (χ3n) is 6.02. The van der Waals surface area contributed by atoms with Crippen LogP contribution in [0.15, 0.2) is 59.5 Å². The Morgan fingerprint density at radius 2 is 1.52 bits per heavy atom. The van der Waals surface area contributed by atoms with Crippen LogP contribution in [0.5, 0.6) is 0 Å². The molecule has 2 aromatic rings. The lowest BCUT2D eigenvalue weighted by atomic mass is 9.66. The number of hydrogen-bond donors (Lipinski definition) is 1. The molecule has 2 aliphatic rings. The molecule has 1 saturated carbocycles. The Labute approximate surface area is 149 Å². The van der Waals surface area contributed by atoms with Crippen molar-refractivity contribution < 1.29 is 13.5 Å². The molecule has 1 heterocycles. The van der Waals surface area contributed by atoms with Gasteiger partial charge in [-0.05, 0) is 30.0 Å². The van der Waals surface area contributed by atoms with E-state index in [4.69, 9.17) is 0 Å². The molecule has 2 aromatic carbocycles. The van der Waals surface area contributed by atoms with Crippen molar-refractivity contribution in [2.45, 2.75) is 49.0 Å². The van der Waals surface area contributed by atoms with Gasteiger partial charge < -0.3 is 5.11 Å². The van der Waals surface area contributed by atoms with Gasteiger partial charge in [-0.25, -0.2) is 8.42 Å². The molecule has 1 aliphatic heterocycles. The van der Waals surface area contributed by atoms with Gasteiger partial charge in [-0.3, -0.25) is 0 Å². The molecule has 1 spiro atoms. The number of fused-ring (bicyclic) bond motifs is 1. The average Bonchev–Trinajstić information content (AvgIpc) is 2.69. The largest absolute Gasteiger partial charge is 0.392 e. The highest BCUT2D eigenvalue weighted by molar-refractivity contribution is 7.91. The van der Waals surface area contributed by atoms with Crippen LogP contribution in [0, 0.1) is 5.41 Å². The van der Waals surface area contributed by atoms with E-state index in [-0.39, 0.29) is 11.7 Å². The number of rotatable bonds is 1. The molecule has 0 amide bonds. The van der Waals surface area contributed by atoms with Crippen molar-refractivity contribution in [3.8, 4) is 0 Å². The maximum absolute atomic E-state index is 13.2. The van der Waals surface area contributed by atoms with Gasteiger partial charge in [-0.15, -0.1) is 0 Å². The molecule has 1 aliphatic carbocycles. The first-order chi connectivity index (χ1) is 12.0. The smallest absolute Gasteiger partial charge is 0.179 e. The number of aliphatic hydroxyl groups excluding tert-OH is 1. The van der Waals surface area contributed by atoms with Gasteiger partial charge in [0.05, 0.1) is 16.8 Å². The molecular weight excluding hydrogens is 332 g/mol. The van der Waals surface area contributed by atoms with Gasteiger partial charge >= 0.3 is 0 Å². The molecule has 3 nitrogen and oxygen atoms in total. The first-order valence-electron chi connectivity index (χ1n) is 9.08. The SMILES string of the molecule is O=S1(=O)CC2(CCCCC2)[C@H](O)[C@@H](c2ccccc2)c2ccccc21. The van der Waals surface area contributed by atoms with Gasteiger partial charge in [0, 0.05) is 11.3 Å². The van der Waals surface area contributed by atoms with Crippen LogP contribution in [0.3, 0.4) is 0 Å². The summed E-state index contributed by atoms with van der Waals surface area (Å²) in [4.78, 5) is 0.394. The van der Waals surface area contributed by atoms with Gasteiger partial charge in [0.15, 0.2) is 9.84 Å². The fourth-order valence-electron chi connectivity index (χ4n) is 4.80. The first-order valence-corrected chi connectivity index (χ1v) is 10.7. The van der Waals surface area contributed by atoms with E-state index in [2.05, 4.69) is 0 Å². The van der Waals surface area contributed by atoms with E-state index in [1.54, 1.807) is 12.1 Å². The second-order valence-corrected chi connectivity index (χ2v) is 9.51. The van der Waals surface area contributed by atoms with Gasteiger partial charge in [-0.2, -0.15) is 0 Å². The zero-order valence-corrected chi connectivity index (χ0v) is 15.1. The van der Waals surface area contributed by atoms with Crippen molar-refractivity contribution in [1.82, 2.24) is 0 Å². The topological polar surface area (TPSA) is 54.4 Å². The van der Waals surface area contributed by atoms with Crippen molar-refractivity contribution in [3.05, 3.63) is 65.7 Å². The summed E-state index contributed by atoms with van der Waals surface area (Å²) in [5.74, 6) is -0.241. The summed E-state index contributed by atoms with van der Waals surface area (Å²) in [6, 6.07) is 17.1. The highest BCUT2D eigenvalue weighted by atomic mass is 32.2. The number of aliphatic hydroxyl groups is 1. The maximum atomic E-state index is 13.2. The van der Waals surface area contributed by atoms with E-state index in [0.717, 1.165) is 43.2 Å². The van der Waals surface area contributed by atoms with Gasteiger partial charge in [0.2, 0.25) is 0 Å². The molecule has 0 unspecified atom stereocenters. The third-order valence-corrected chi connectivity index (χ3v) is 8.01. The second-order valence-electron chi connectivity index (χ2n) is 7.55. The van der Waals surface area contributed by atoms with Crippen molar-refractivity contribution in [1.29, 1.82) is 0 Å². The van der Waals surface area contributed by atoms with Crippen molar-refractivity contribution in [3.63, 3.8) is 0 Å². The summed E-state index contributed by atoms with van der Waals surface area (Å²) < 4.78 is 26.4. The highest BCUT2D eigenvalue weighted by Crippen LogP contribution is 2.50. The summed E-state index contributed by atoms with van der Waals surface area (Å²) in [7, 11) is -3.42. The summed E-state index contributed by atoms with van der Waals surface area (Å²) in [5, 5.41) is 11.5. The zero-order valence-electron chi connectivity index (χ0n) is 14.3. The first kappa shape index (κ1) is 16.8. The molecule has 2 atom stereocenters. The summed E-state index contributed by atoms with van der Waals surface area (Å²) >= 11 is 0. The maximum Gasteiger partial charge on any atom is 0.179 e. The molecule has 0 radical (unpaired) electrons. The summed E-state index contributed by atoms with van der Waals surface area (Å²) in [5.41, 5.74) is 1.18. The molecule has 1 fully saturated rings. The van der Waals surface area contributed by atoms with E-state index in [9.17, 15) is 13.5 Å². The molecule has 4 heteroatoms. The third kappa shape index (κ3) is 2.81. The van der Waals surface area contributed by atoms with E-state index >= 15 is 0 Å². The predicted molar refractivity (Wildman–Crippen MR) is 98.3 cm³/mol. The van der Waals surface area contributed by atoms with Crippen LogP contribution in [-0.4, -0.2) is 25.4 Å². The quantitative estimate of drug-likeness (QED) is 0.843. The number of benzene rings is 2. The Balaban J connectivity index is 1.96. The van der Waals surface area contributed by atoms with Crippen molar-refractivity contribution >= 4 is 9.84 Å². The molecule has 0 bridgehead atoms. The van der Waals surface area contributed by atoms with Crippen LogP contribution in [-0.2, 0) is 9.84 Å². The van der Waals surface area contributed by atoms with Gasteiger partial charge in [0.25, 0.3) is 0 Å². The average molecular weight is 356 g/mol. The molecule has 0 aromatic heterocycles. The van der Waals surface area contributed by atoms with Crippen LogP contribution < -0.4 is 0 Å². The van der Waals surface area contributed by atoms with E-state index in [0.29, 0.717) is 4.90 Å². The minimum absolute atomic E-state index is 0.0571. The number of hydrogen-bond acceptors (Lipinski definition) is 3. The number of sulfone groups is 1. The van der Waals surface area contributed by atoms with Gasteiger partial charge in [-0.1, -0.05) is 67.8 Å². The Bertz CT molecular complexity index is 852. The summed E-state index contributed by atoms with van der Waals surface area (Å²) in [6.45, 7) is 0. The van der Waals surface area contributed by atoms with Crippen LogP contribution in [0.4, 0.5) is 0 Å². The predicted octanol–water partition coefficient (Wildman–Crippen LogP) is 3.92. The molecule has 132 valence electrons. The fourth-order valence-corrected chi connectivity index (χ4v) is 7.02. The highest BCUT2D eigenvalue weighted by Gasteiger charge is 2.50. The molecule has 1 N–H and O–H groups in total.